The predicted molar refractivity (Wildman–Crippen MR) is 74.3 cm³/mol. The molecule has 1 N–H and O–H groups in total. The summed E-state index contributed by atoms with van der Waals surface area (Å²) in [4.78, 5) is 0. The third kappa shape index (κ3) is 3.33. The van der Waals surface area contributed by atoms with E-state index in [9.17, 15) is 0 Å². The van der Waals surface area contributed by atoms with Crippen molar-refractivity contribution >= 4 is 21.6 Å². The van der Waals surface area contributed by atoms with Crippen molar-refractivity contribution in [3.05, 3.63) is 46.2 Å². The molecule has 0 spiro atoms. The lowest BCUT2D eigenvalue weighted by molar-refractivity contribution is 0.615. The summed E-state index contributed by atoms with van der Waals surface area (Å²) in [5.74, 6) is 0. The fourth-order valence-electron chi connectivity index (χ4n) is 1.78. The third-order valence-electron chi connectivity index (χ3n) is 2.60. The summed E-state index contributed by atoms with van der Waals surface area (Å²) in [5.41, 5.74) is 3.42. The van der Waals surface area contributed by atoms with E-state index in [2.05, 4.69) is 51.5 Å². The van der Waals surface area contributed by atoms with Crippen LogP contribution < -0.4 is 5.32 Å². The summed E-state index contributed by atoms with van der Waals surface area (Å²) in [6, 6.07) is 10.3. The molecule has 90 valence electrons. The molecule has 4 heteroatoms. The highest BCUT2D eigenvalue weighted by Crippen LogP contribution is 2.13. The molecule has 0 atom stereocenters. The van der Waals surface area contributed by atoms with Crippen LogP contribution >= 0.6 is 15.9 Å². The highest BCUT2D eigenvalue weighted by atomic mass is 79.9. The van der Waals surface area contributed by atoms with Crippen molar-refractivity contribution in [3.8, 4) is 0 Å². The van der Waals surface area contributed by atoms with E-state index in [4.69, 9.17) is 0 Å². The van der Waals surface area contributed by atoms with Crippen LogP contribution in [0.4, 0.5) is 5.69 Å². The normalized spacial score (nSPS) is 10.5. The average molecular weight is 294 g/mol. The van der Waals surface area contributed by atoms with Crippen LogP contribution in [0, 0.1) is 13.8 Å². The number of halogens is 1. The first kappa shape index (κ1) is 12.2. The van der Waals surface area contributed by atoms with Crippen LogP contribution in [0.1, 0.15) is 11.4 Å². The lowest BCUT2D eigenvalue weighted by Gasteiger charge is -2.07. The zero-order valence-corrected chi connectivity index (χ0v) is 11.7. The van der Waals surface area contributed by atoms with E-state index < -0.39 is 0 Å². The minimum Gasteiger partial charge on any atom is -0.383 e. The van der Waals surface area contributed by atoms with Crippen molar-refractivity contribution in [1.82, 2.24) is 9.78 Å². The van der Waals surface area contributed by atoms with Crippen LogP contribution in [0.5, 0.6) is 0 Å². The molecule has 0 unspecified atom stereocenters. The van der Waals surface area contributed by atoms with Gasteiger partial charge in [0.25, 0.3) is 0 Å². The SMILES string of the molecule is Cc1cc(C)n(CCNc2ccc(Br)cc2)n1. The number of aromatic nitrogens is 2. The van der Waals surface area contributed by atoms with E-state index in [1.54, 1.807) is 0 Å². The molecule has 0 amide bonds. The molecule has 0 aliphatic rings. The highest BCUT2D eigenvalue weighted by molar-refractivity contribution is 9.10. The number of hydrogen-bond donors (Lipinski definition) is 1. The molecule has 3 nitrogen and oxygen atoms in total. The number of benzene rings is 1. The summed E-state index contributed by atoms with van der Waals surface area (Å²) in [7, 11) is 0. The maximum absolute atomic E-state index is 4.42. The minimum atomic E-state index is 0.879. The van der Waals surface area contributed by atoms with E-state index >= 15 is 0 Å². The van der Waals surface area contributed by atoms with Crippen LogP contribution in [0.15, 0.2) is 34.8 Å². The smallest absolute Gasteiger partial charge is 0.0596 e. The Hall–Kier alpha value is -1.29. The second-order valence-electron chi connectivity index (χ2n) is 4.08. The number of nitrogens with zero attached hydrogens (tertiary/aromatic N) is 2. The molecule has 2 aromatic rings. The molecule has 0 fully saturated rings. The molecular formula is C13H16BrN3. The van der Waals surface area contributed by atoms with E-state index in [0.29, 0.717) is 0 Å². The van der Waals surface area contributed by atoms with E-state index in [-0.39, 0.29) is 0 Å². The molecule has 0 aliphatic heterocycles. The van der Waals surface area contributed by atoms with Gasteiger partial charge in [0.1, 0.15) is 0 Å². The Kier molecular flexibility index (Phi) is 3.84. The van der Waals surface area contributed by atoms with Gasteiger partial charge in [-0.05, 0) is 44.2 Å². The first-order valence-corrected chi connectivity index (χ1v) is 6.45. The van der Waals surface area contributed by atoms with Crippen LogP contribution in [-0.4, -0.2) is 16.3 Å². The summed E-state index contributed by atoms with van der Waals surface area (Å²) in [5, 5.41) is 7.80. The van der Waals surface area contributed by atoms with Crippen LogP contribution in [0.3, 0.4) is 0 Å². The second kappa shape index (κ2) is 5.36. The van der Waals surface area contributed by atoms with Gasteiger partial charge in [-0.2, -0.15) is 5.10 Å². The molecule has 1 aromatic carbocycles. The van der Waals surface area contributed by atoms with Gasteiger partial charge >= 0.3 is 0 Å². The number of aryl methyl sites for hydroxylation is 2. The largest absolute Gasteiger partial charge is 0.383 e. The second-order valence-corrected chi connectivity index (χ2v) is 5.00. The van der Waals surface area contributed by atoms with Crippen molar-refractivity contribution in [3.63, 3.8) is 0 Å². The number of rotatable bonds is 4. The standard InChI is InChI=1S/C13H16BrN3/c1-10-9-11(2)17(16-10)8-7-15-13-5-3-12(14)4-6-13/h3-6,9,15H,7-8H2,1-2H3. The molecule has 2 rings (SSSR count). The van der Waals surface area contributed by atoms with Crippen molar-refractivity contribution in [2.24, 2.45) is 0 Å². The molecule has 0 radical (unpaired) electrons. The molecule has 1 heterocycles. The van der Waals surface area contributed by atoms with Crippen molar-refractivity contribution in [2.75, 3.05) is 11.9 Å². The van der Waals surface area contributed by atoms with Crippen LogP contribution in [-0.2, 0) is 6.54 Å². The van der Waals surface area contributed by atoms with Gasteiger partial charge in [0, 0.05) is 22.4 Å². The zero-order chi connectivity index (χ0) is 12.3. The van der Waals surface area contributed by atoms with Crippen LogP contribution in [0.25, 0.3) is 0 Å². The Morgan fingerprint density at radius 2 is 1.94 bits per heavy atom. The summed E-state index contributed by atoms with van der Waals surface area (Å²) >= 11 is 3.42. The molecule has 1 aromatic heterocycles. The fraction of sp³-hybridized carbons (Fsp3) is 0.308. The molecule has 17 heavy (non-hydrogen) atoms. The zero-order valence-electron chi connectivity index (χ0n) is 10.1. The summed E-state index contributed by atoms with van der Waals surface area (Å²) in [6.07, 6.45) is 0. The van der Waals surface area contributed by atoms with Gasteiger partial charge in [-0.3, -0.25) is 4.68 Å². The molecule has 0 aliphatic carbocycles. The van der Waals surface area contributed by atoms with Gasteiger partial charge < -0.3 is 5.32 Å². The first-order valence-electron chi connectivity index (χ1n) is 5.65. The van der Waals surface area contributed by atoms with Gasteiger partial charge in [-0.25, -0.2) is 0 Å². The monoisotopic (exact) mass is 293 g/mol. The number of nitrogens with one attached hydrogen (secondary N) is 1. The molecule has 0 bridgehead atoms. The maximum atomic E-state index is 4.42. The van der Waals surface area contributed by atoms with Gasteiger partial charge in [-0.1, -0.05) is 15.9 Å². The lowest BCUT2D eigenvalue weighted by Crippen LogP contribution is -2.12. The van der Waals surface area contributed by atoms with E-state index in [1.807, 2.05) is 23.7 Å². The van der Waals surface area contributed by atoms with Gasteiger partial charge in [0.15, 0.2) is 0 Å². The minimum absolute atomic E-state index is 0.879. The van der Waals surface area contributed by atoms with Gasteiger partial charge in [0.2, 0.25) is 0 Å². The predicted octanol–water partition coefficient (Wildman–Crippen LogP) is 3.37. The van der Waals surface area contributed by atoms with Crippen molar-refractivity contribution < 1.29 is 0 Å². The first-order chi connectivity index (χ1) is 8.15. The molecule has 0 saturated carbocycles. The Bertz CT molecular complexity index is 488. The topological polar surface area (TPSA) is 29.9 Å². The third-order valence-corrected chi connectivity index (χ3v) is 3.13. The van der Waals surface area contributed by atoms with Gasteiger partial charge in [0.05, 0.1) is 12.2 Å². The summed E-state index contributed by atoms with van der Waals surface area (Å²) < 4.78 is 3.13. The van der Waals surface area contributed by atoms with E-state index in [0.717, 1.165) is 28.9 Å². The molecule has 0 saturated heterocycles. The van der Waals surface area contributed by atoms with Crippen LogP contribution in [0.2, 0.25) is 0 Å². The Morgan fingerprint density at radius 3 is 2.53 bits per heavy atom. The average Bonchev–Trinajstić information content (AvgIpc) is 2.60. The molecular weight excluding hydrogens is 278 g/mol. The Balaban J connectivity index is 1.87. The van der Waals surface area contributed by atoms with Crippen molar-refractivity contribution in [2.45, 2.75) is 20.4 Å². The number of hydrogen-bond acceptors (Lipinski definition) is 2. The quantitative estimate of drug-likeness (QED) is 0.937. The number of anilines is 1. The highest BCUT2D eigenvalue weighted by Gasteiger charge is 1.99. The summed E-state index contributed by atoms with van der Waals surface area (Å²) in [6.45, 7) is 5.87. The van der Waals surface area contributed by atoms with E-state index in [1.165, 1.54) is 5.69 Å². The van der Waals surface area contributed by atoms with Gasteiger partial charge in [-0.15, -0.1) is 0 Å². The fourth-order valence-corrected chi connectivity index (χ4v) is 2.04. The maximum Gasteiger partial charge on any atom is 0.0596 e. The Labute approximate surface area is 110 Å². The Morgan fingerprint density at radius 1 is 1.24 bits per heavy atom. The van der Waals surface area contributed by atoms with Crippen molar-refractivity contribution in [1.29, 1.82) is 0 Å². The lowest BCUT2D eigenvalue weighted by atomic mass is 10.3.